The summed E-state index contributed by atoms with van der Waals surface area (Å²) in [5.41, 5.74) is 1.24. The van der Waals surface area contributed by atoms with Gasteiger partial charge in [0.25, 0.3) is 0 Å². The molecule has 0 radical (unpaired) electrons. The topological polar surface area (TPSA) is 54.0 Å². The monoisotopic (exact) mass is 347 g/mol. The molecule has 138 valence electrons. The smallest absolute Gasteiger partial charge is 0.223 e. The molecule has 6 heteroatoms. The van der Waals surface area contributed by atoms with Crippen molar-refractivity contribution in [2.45, 2.75) is 25.3 Å². The average Bonchev–Trinajstić information content (AvgIpc) is 3.14. The Bertz CT molecular complexity index is 587. The van der Waals surface area contributed by atoms with Crippen molar-refractivity contribution in [1.29, 1.82) is 0 Å². The summed E-state index contributed by atoms with van der Waals surface area (Å²) in [5, 5.41) is 3.29. The molecule has 0 saturated carbocycles. The van der Waals surface area contributed by atoms with Gasteiger partial charge < -0.3 is 19.7 Å². The van der Waals surface area contributed by atoms with Crippen molar-refractivity contribution < 1.29 is 14.3 Å². The number of ether oxygens (including phenoxy) is 2. The Morgan fingerprint density at radius 2 is 1.92 bits per heavy atom. The molecule has 2 fully saturated rings. The van der Waals surface area contributed by atoms with Crippen molar-refractivity contribution in [3.05, 3.63) is 23.8 Å². The molecule has 2 aliphatic heterocycles. The normalized spacial score (nSPS) is 21.4. The number of carbonyl (C=O) groups excluding carboxylic acids is 1. The first-order valence-electron chi connectivity index (χ1n) is 9.17. The Balaban J connectivity index is 1.61. The molecule has 3 rings (SSSR count). The van der Waals surface area contributed by atoms with Gasteiger partial charge in [0, 0.05) is 45.2 Å². The summed E-state index contributed by atoms with van der Waals surface area (Å²) in [7, 11) is 3.32. The molecule has 0 bridgehead atoms. The predicted octanol–water partition coefficient (Wildman–Crippen LogP) is 1.66. The molecule has 0 aliphatic carbocycles. The largest absolute Gasteiger partial charge is 0.493 e. The van der Waals surface area contributed by atoms with Crippen molar-refractivity contribution >= 4 is 5.91 Å². The van der Waals surface area contributed by atoms with E-state index in [9.17, 15) is 4.79 Å². The number of methoxy groups -OCH3 is 2. The van der Waals surface area contributed by atoms with Crippen LogP contribution in [-0.2, 0) is 4.79 Å². The average molecular weight is 347 g/mol. The van der Waals surface area contributed by atoms with E-state index in [1.54, 1.807) is 14.2 Å². The number of likely N-dealkylation sites (tertiary alicyclic amines) is 1. The van der Waals surface area contributed by atoms with E-state index >= 15 is 0 Å². The molecule has 1 unspecified atom stereocenters. The second kappa shape index (κ2) is 8.54. The molecular weight excluding hydrogens is 318 g/mol. The SMILES string of the molecule is COc1ccc(C2CCCN2CCC(=O)N2CCNCC2)cc1OC. The van der Waals surface area contributed by atoms with Crippen LogP contribution in [0.25, 0.3) is 0 Å². The zero-order chi connectivity index (χ0) is 17.6. The highest BCUT2D eigenvalue weighted by Gasteiger charge is 2.27. The van der Waals surface area contributed by atoms with Crippen LogP contribution in [0.5, 0.6) is 11.5 Å². The molecule has 2 aliphatic rings. The zero-order valence-corrected chi connectivity index (χ0v) is 15.3. The summed E-state index contributed by atoms with van der Waals surface area (Å²) in [6.45, 7) is 5.35. The van der Waals surface area contributed by atoms with Crippen molar-refractivity contribution in [1.82, 2.24) is 15.1 Å². The van der Waals surface area contributed by atoms with Crippen LogP contribution < -0.4 is 14.8 Å². The summed E-state index contributed by atoms with van der Waals surface area (Å²) < 4.78 is 10.8. The van der Waals surface area contributed by atoms with Crippen LogP contribution in [0, 0.1) is 0 Å². The van der Waals surface area contributed by atoms with Crippen molar-refractivity contribution in [2.24, 2.45) is 0 Å². The molecule has 1 amide bonds. The van der Waals surface area contributed by atoms with E-state index in [-0.39, 0.29) is 5.91 Å². The molecular formula is C19H29N3O3. The third kappa shape index (κ3) is 4.25. The number of benzene rings is 1. The lowest BCUT2D eigenvalue weighted by atomic mass is 10.0. The van der Waals surface area contributed by atoms with E-state index in [1.165, 1.54) is 12.0 Å². The van der Waals surface area contributed by atoms with Gasteiger partial charge in [0.15, 0.2) is 11.5 Å². The Morgan fingerprint density at radius 3 is 2.64 bits per heavy atom. The molecule has 0 spiro atoms. The quantitative estimate of drug-likeness (QED) is 0.848. The number of hydrogen-bond acceptors (Lipinski definition) is 5. The first-order chi connectivity index (χ1) is 12.2. The Labute approximate surface area is 150 Å². The fraction of sp³-hybridized carbons (Fsp3) is 0.632. The van der Waals surface area contributed by atoms with Gasteiger partial charge in [-0.2, -0.15) is 0 Å². The van der Waals surface area contributed by atoms with Crippen LogP contribution in [0.4, 0.5) is 0 Å². The van der Waals surface area contributed by atoms with Gasteiger partial charge in [-0.1, -0.05) is 6.07 Å². The van der Waals surface area contributed by atoms with Gasteiger partial charge in [-0.25, -0.2) is 0 Å². The number of amides is 1. The van der Waals surface area contributed by atoms with Crippen LogP contribution in [0.1, 0.15) is 30.9 Å². The number of nitrogens with one attached hydrogen (secondary N) is 1. The first kappa shape index (κ1) is 18.0. The third-order valence-electron chi connectivity index (χ3n) is 5.24. The highest BCUT2D eigenvalue weighted by Crippen LogP contribution is 2.36. The number of nitrogens with zero attached hydrogens (tertiary/aromatic N) is 2. The lowest BCUT2D eigenvalue weighted by molar-refractivity contribution is -0.132. The van der Waals surface area contributed by atoms with Gasteiger partial charge in [-0.15, -0.1) is 0 Å². The van der Waals surface area contributed by atoms with Crippen molar-refractivity contribution in [2.75, 3.05) is 53.5 Å². The maximum Gasteiger partial charge on any atom is 0.223 e. The molecule has 1 aromatic carbocycles. The van der Waals surface area contributed by atoms with E-state index in [0.29, 0.717) is 12.5 Å². The number of hydrogen-bond donors (Lipinski definition) is 1. The summed E-state index contributed by atoms with van der Waals surface area (Å²) in [6, 6.07) is 6.51. The standard InChI is InChI=1S/C19H29N3O3/c1-24-17-6-5-15(14-18(17)25-2)16-4-3-10-21(16)11-7-19(23)22-12-8-20-9-13-22/h5-6,14,16,20H,3-4,7-13H2,1-2H3. The van der Waals surface area contributed by atoms with E-state index in [4.69, 9.17) is 9.47 Å². The summed E-state index contributed by atoms with van der Waals surface area (Å²) >= 11 is 0. The van der Waals surface area contributed by atoms with Gasteiger partial charge >= 0.3 is 0 Å². The maximum atomic E-state index is 12.4. The Morgan fingerprint density at radius 1 is 1.16 bits per heavy atom. The van der Waals surface area contributed by atoms with Gasteiger partial charge in [0.2, 0.25) is 5.91 Å². The van der Waals surface area contributed by atoms with Crippen LogP contribution in [0.15, 0.2) is 18.2 Å². The first-order valence-corrected chi connectivity index (χ1v) is 9.17. The number of rotatable bonds is 6. The second-order valence-corrected chi connectivity index (χ2v) is 6.69. The highest BCUT2D eigenvalue weighted by atomic mass is 16.5. The van der Waals surface area contributed by atoms with Crippen molar-refractivity contribution in [3.8, 4) is 11.5 Å². The Kier molecular flexibility index (Phi) is 6.15. The lowest BCUT2D eigenvalue weighted by Crippen LogP contribution is -2.47. The lowest BCUT2D eigenvalue weighted by Gasteiger charge is -2.29. The van der Waals surface area contributed by atoms with Crippen LogP contribution in [0.2, 0.25) is 0 Å². The Hall–Kier alpha value is -1.79. The maximum absolute atomic E-state index is 12.4. The van der Waals surface area contributed by atoms with Gasteiger partial charge in [0.05, 0.1) is 14.2 Å². The van der Waals surface area contributed by atoms with Gasteiger partial charge in [-0.05, 0) is 37.1 Å². The number of piperazine rings is 1. The molecule has 6 nitrogen and oxygen atoms in total. The van der Waals surface area contributed by atoms with Crippen molar-refractivity contribution in [3.63, 3.8) is 0 Å². The summed E-state index contributed by atoms with van der Waals surface area (Å²) in [6.07, 6.45) is 2.89. The summed E-state index contributed by atoms with van der Waals surface area (Å²) in [4.78, 5) is 16.8. The minimum Gasteiger partial charge on any atom is -0.493 e. The van der Waals surface area contributed by atoms with Gasteiger partial charge in [-0.3, -0.25) is 9.69 Å². The van der Waals surface area contributed by atoms with E-state index in [1.807, 2.05) is 11.0 Å². The fourth-order valence-electron chi connectivity index (χ4n) is 3.84. The molecule has 2 heterocycles. The summed E-state index contributed by atoms with van der Waals surface area (Å²) in [5.74, 6) is 1.80. The molecule has 25 heavy (non-hydrogen) atoms. The fourth-order valence-corrected chi connectivity index (χ4v) is 3.84. The van der Waals surface area contributed by atoms with Crippen LogP contribution >= 0.6 is 0 Å². The molecule has 0 aromatic heterocycles. The molecule has 2 saturated heterocycles. The minimum absolute atomic E-state index is 0.277. The van der Waals surface area contributed by atoms with E-state index < -0.39 is 0 Å². The second-order valence-electron chi connectivity index (χ2n) is 6.69. The van der Waals surface area contributed by atoms with E-state index in [2.05, 4.69) is 22.3 Å². The van der Waals surface area contributed by atoms with Crippen LogP contribution in [0.3, 0.4) is 0 Å². The highest BCUT2D eigenvalue weighted by molar-refractivity contribution is 5.76. The molecule has 1 aromatic rings. The molecule has 1 atom stereocenters. The van der Waals surface area contributed by atoms with E-state index in [0.717, 1.165) is 57.2 Å². The minimum atomic E-state index is 0.277. The van der Waals surface area contributed by atoms with Crippen LogP contribution in [-0.4, -0.2) is 69.2 Å². The predicted molar refractivity (Wildman–Crippen MR) is 97.2 cm³/mol. The molecule has 1 N–H and O–H groups in total. The zero-order valence-electron chi connectivity index (χ0n) is 15.3. The van der Waals surface area contributed by atoms with Gasteiger partial charge in [0.1, 0.15) is 0 Å². The number of carbonyl (C=O) groups is 1. The third-order valence-corrected chi connectivity index (χ3v) is 5.24.